The lowest BCUT2D eigenvalue weighted by Gasteiger charge is -2.60. The minimum Gasteiger partial charge on any atom is -0.392 e. The van der Waals surface area contributed by atoms with Gasteiger partial charge in [-0.05, 0) is 104 Å². The number of aliphatic hydroxyl groups excluding tert-OH is 1. The smallest absolute Gasteiger partial charge is 0.0955 e. The summed E-state index contributed by atoms with van der Waals surface area (Å²) in [5, 5.41) is 46.9. The Morgan fingerprint density at radius 1 is 0.719 bits per heavy atom. The molecule has 0 radical (unpaired) electrons. The van der Waals surface area contributed by atoms with Gasteiger partial charge in [-0.1, -0.05) is 24.3 Å². The third-order valence-electron chi connectivity index (χ3n) is 8.12. The topological polar surface area (TPSA) is 87.4 Å². The van der Waals surface area contributed by atoms with E-state index in [9.17, 15) is 20.6 Å². The molecule has 1 aromatic rings. The first-order valence-electron chi connectivity index (χ1n) is 11.9. The van der Waals surface area contributed by atoms with Crippen LogP contribution in [0.25, 0.3) is 0 Å². The van der Waals surface area contributed by atoms with Crippen molar-refractivity contribution in [2.75, 3.05) is 0 Å². The zero-order chi connectivity index (χ0) is 24.3. The summed E-state index contributed by atoms with van der Waals surface area (Å²) in [5.41, 5.74) is -1.45. The van der Waals surface area contributed by atoms with Crippen molar-refractivity contribution in [1.82, 2.24) is 10.1 Å². The van der Waals surface area contributed by atoms with Crippen LogP contribution in [-0.4, -0.2) is 52.9 Å². The molecule has 0 atom stereocenters. The van der Waals surface area contributed by atoms with Crippen molar-refractivity contribution in [3.05, 3.63) is 35.4 Å². The van der Waals surface area contributed by atoms with E-state index in [1.807, 2.05) is 79.7 Å². The quantitative estimate of drug-likeness (QED) is 0.535. The molecule has 0 bridgehead atoms. The van der Waals surface area contributed by atoms with Crippen LogP contribution in [0.5, 0.6) is 0 Å². The molecule has 32 heavy (non-hydrogen) atoms. The van der Waals surface area contributed by atoms with E-state index in [1.54, 1.807) is 0 Å². The molecule has 4 N–H and O–H groups in total. The summed E-state index contributed by atoms with van der Waals surface area (Å²) in [7, 11) is 0. The molecule has 1 aromatic carbocycles. The van der Waals surface area contributed by atoms with Gasteiger partial charge in [0, 0.05) is 22.2 Å². The standard InChI is InChI=1S/C26H44N2O4/c1-22(2)13-20(14-23(3,4)27(22)31)26(30,19-11-9-18(17-29)10-12-19)21-15-24(5,6)28(32)25(7,8)16-21/h9-12,20-21,29-32H,13-17H2,1-8H3. The first-order valence-corrected chi connectivity index (χ1v) is 11.9. The lowest BCUT2D eigenvalue weighted by molar-refractivity contribution is -0.287. The Morgan fingerprint density at radius 3 is 1.31 bits per heavy atom. The maximum atomic E-state index is 12.7. The first-order chi connectivity index (χ1) is 14.5. The molecule has 2 saturated heterocycles. The number of hydrogen-bond donors (Lipinski definition) is 4. The van der Waals surface area contributed by atoms with Crippen LogP contribution in [0.2, 0.25) is 0 Å². The summed E-state index contributed by atoms with van der Waals surface area (Å²) in [5.74, 6) is -0.171. The summed E-state index contributed by atoms with van der Waals surface area (Å²) in [6.07, 6.45) is 2.58. The molecular formula is C26H44N2O4. The highest BCUT2D eigenvalue weighted by Gasteiger charge is 2.58. The van der Waals surface area contributed by atoms with Crippen LogP contribution in [0, 0.1) is 11.8 Å². The highest BCUT2D eigenvalue weighted by molar-refractivity contribution is 5.30. The molecule has 0 aromatic heterocycles. The van der Waals surface area contributed by atoms with Crippen LogP contribution in [-0.2, 0) is 12.2 Å². The van der Waals surface area contributed by atoms with Crippen LogP contribution in [0.1, 0.15) is 92.2 Å². The van der Waals surface area contributed by atoms with E-state index >= 15 is 0 Å². The van der Waals surface area contributed by atoms with Gasteiger partial charge in [0.15, 0.2) is 0 Å². The number of hydrogen-bond acceptors (Lipinski definition) is 6. The first kappa shape index (κ1) is 25.6. The van der Waals surface area contributed by atoms with Gasteiger partial charge in [-0.2, -0.15) is 10.1 Å². The average Bonchev–Trinajstić information content (AvgIpc) is 2.68. The van der Waals surface area contributed by atoms with Gasteiger partial charge in [0.25, 0.3) is 0 Å². The Kier molecular flexibility index (Phi) is 6.43. The van der Waals surface area contributed by atoms with Crippen LogP contribution < -0.4 is 0 Å². The van der Waals surface area contributed by atoms with Gasteiger partial charge in [-0.3, -0.25) is 0 Å². The van der Waals surface area contributed by atoms with E-state index in [-0.39, 0.29) is 18.4 Å². The number of hydroxylamine groups is 4. The fourth-order valence-corrected chi connectivity index (χ4v) is 6.85. The van der Waals surface area contributed by atoms with Crippen LogP contribution in [0.15, 0.2) is 24.3 Å². The van der Waals surface area contributed by atoms with Crippen LogP contribution in [0.4, 0.5) is 0 Å². The van der Waals surface area contributed by atoms with E-state index in [0.29, 0.717) is 25.7 Å². The Morgan fingerprint density at radius 2 is 1.03 bits per heavy atom. The fourth-order valence-electron chi connectivity index (χ4n) is 6.85. The zero-order valence-corrected chi connectivity index (χ0v) is 21.2. The van der Waals surface area contributed by atoms with E-state index in [4.69, 9.17) is 0 Å². The maximum Gasteiger partial charge on any atom is 0.0955 e. The molecule has 6 nitrogen and oxygen atoms in total. The third-order valence-corrected chi connectivity index (χ3v) is 8.12. The second kappa shape index (κ2) is 8.03. The van der Waals surface area contributed by atoms with Crippen molar-refractivity contribution in [1.29, 1.82) is 0 Å². The molecule has 0 aliphatic carbocycles. The molecule has 0 spiro atoms. The van der Waals surface area contributed by atoms with Crippen molar-refractivity contribution >= 4 is 0 Å². The average molecular weight is 449 g/mol. The number of benzene rings is 1. The summed E-state index contributed by atoms with van der Waals surface area (Å²) in [6, 6.07) is 7.66. The molecule has 0 amide bonds. The van der Waals surface area contributed by atoms with Crippen molar-refractivity contribution in [2.24, 2.45) is 11.8 Å². The predicted octanol–water partition coefficient (Wildman–Crippen LogP) is 4.68. The van der Waals surface area contributed by atoms with Gasteiger partial charge in [-0.25, -0.2) is 0 Å². The number of rotatable bonds is 4. The number of nitrogens with zero attached hydrogens (tertiary/aromatic N) is 2. The lowest BCUT2D eigenvalue weighted by atomic mass is 9.58. The van der Waals surface area contributed by atoms with Gasteiger partial charge < -0.3 is 20.6 Å². The molecule has 2 fully saturated rings. The summed E-state index contributed by atoms with van der Waals surface area (Å²) >= 11 is 0. The summed E-state index contributed by atoms with van der Waals surface area (Å²) in [4.78, 5) is 0. The molecule has 3 rings (SSSR count). The minimum absolute atomic E-state index is 0.0371. The fraction of sp³-hybridized carbons (Fsp3) is 0.769. The molecular weight excluding hydrogens is 404 g/mol. The van der Waals surface area contributed by atoms with Crippen molar-refractivity contribution in [3.63, 3.8) is 0 Å². The molecule has 182 valence electrons. The van der Waals surface area contributed by atoms with Crippen LogP contribution in [0.3, 0.4) is 0 Å². The van der Waals surface area contributed by atoms with Gasteiger partial charge >= 0.3 is 0 Å². The third kappa shape index (κ3) is 4.26. The summed E-state index contributed by atoms with van der Waals surface area (Å²) < 4.78 is 0. The lowest BCUT2D eigenvalue weighted by Crippen LogP contribution is -2.65. The van der Waals surface area contributed by atoms with E-state index in [1.165, 1.54) is 10.1 Å². The molecule has 6 heteroatoms. The Balaban J connectivity index is 2.14. The molecule has 2 aliphatic rings. The predicted molar refractivity (Wildman–Crippen MR) is 125 cm³/mol. The monoisotopic (exact) mass is 448 g/mol. The van der Waals surface area contributed by atoms with Gasteiger partial charge in [0.1, 0.15) is 0 Å². The molecule has 0 unspecified atom stereocenters. The Hall–Kier alpha value is -1.02. The van der Waals surface area contributed by atoms with Crippen molar-refractivity contribution in [3.8, 4) is 0 Å². The second-order valence-corrected chi connectivity index (χ2v) is 12.8. The molecule has 2 heterocycles. The Bertz CT molecular complexity index is 738. The van der Waals surface area contributed by atoms with Gasteiger partial charge in [0.2, 0.25) is 0 Å². The molecule has 0 saturated carbocycles. The Labute approximate surface area is 193 Å². The minimum atomic E-state index is -1.14. The molecule has 2 aliphatic heterocycles. The zero-order valence-electron chi connectivity index (χ0n) is 21.2. The SMILES string of the molecule is CC1(C)CC(C(O)(c2ccc(CO)cc2)C2CC(C)(C)N(O)C(C)(C)C2)CC(C)(C)N1O. The van der Waals surface area contributed by atoms with Crippen molar-refractivity contribution < 1.29 is 20.6 Å². The van der Waals surface area contributed by atoms with Crippen molar-refractivity contribution in [2.45, 2.75) is 115 Å². The van der Waals surface area contributed by atoms with E-state index in [2.05, 4.69) is 0 Å². The van der Waals surface area contributed by atoms with E-state index in [0.717, 1.165) is 11.1 Å². The largest absolute Gasteiger partial charge is 0.392 e. The number of piperidine rings is 2. The number of aliphatic hydroxyl groups is 2. The highest BCUT2D eigenvalue weighted by atomic mass is 16.5. The highest BCUT2D eigenvalue weighted by Crippen LogP contribution is 2.55. The second-order valence-electron chi connectivity index (χ2n) is 12.8. The van der Waals surface area contributed by atoms with Gasteiger partial charge in [-0.15, -0.1) is 0 Å². The summed E-state index contributed by atoms with van der Waals surface area (Å²) in [6.45, 7) is 16.2. The maximum absolute atomic E-state index is 12.7. The van der Waals surface area contributed by atoms with Gasteiger partial charge in [0.05, 0.1) is 12.2 Å². The normalized spacial score (nSPS) is 26.9. The van der Waals surface area contributed by atoms with Crippen LogP contribution >= 0.6 is 0 Å². The van der Waals surface area contributed by atoms with E-state index < -0.39 is 27.8 Å².